The molecule has 5 rings (SSSR count). The fourth-order valence-corrected chi connectivity index (χ4v) is 3.97. The van der Waals surface area contributed by atoms with Crippen molar-refractivity contribution in [2.75, 3.05) is 0 Å². The number of aryl methyl sites for hydroxylation is 2. The van der Waals surface area contributed by atoms with Crippen LogP contribution >= 0.6 is 0 Å². The van der Waals surface area contributed by atoms with Crippen LogP contribution in [0.3, 0.4) is 0 Å². The molecule has 5 aromatic rings. The molecular weight excluding hydrogens is 661 g/mol. The van der Waals surface area contributed by atoms with Crippen LogP contribution in [0.4, 0.5) is 11.4 Å². The van der Waals surface area contributed by atoms with Gasteiger partial charge in [0, 0.05) is 46.5 Å². The normalized spacial score (nSPS) is 11.0. The number of benzene rings is 3. The second-order valence-corrected chi connectivity index (χ2v) is 8.43. The molecule has 0 aliphatic heterocycles. The molecule has 0 spiro atoms. The van der Waals surface area contributed by atoms with E-state index in [1.807, 2.05) is 0 Å². The van der Waals surface area contributed by atoms with Crippen LogP contribution in [0.5, 0.6) is 11.5 Å². The smallest absolute Gasteiger partial charge is 0.872 e. The molecular formula is C28H18LaN3O9. The Morgan fingerprint density at radius 3 is 1.44 bits per heavy atom. The van der Waals surface area contributed by atoms with Gasteiger partial charge in [0.2, 0.25) is 0 Å². The molecule has 13 heteroatoms. The molecule has 0 atom stereocenters. The zero-order valence-corrected chi connectivity index (χ0v) is 25.1. The van der Waals surface area contributed by atoms with E-state index in [9.17, 15) is 19.8 Å². The maximum atomic E-state index is 12.5. The van der Waals surface area contributed by atoms with Crippen LogP contribution in [-0.4, -0.2) is 17.5 Å². The minimum atomic E-state index is -1.75. The molecule has 202 valence electrons. The Kier molecular flexibility index (Phi) is 9.95. The predicted octanol–water partition coefficient (Wildman–Crippen LogP) is 3.93. The first-order valence-corrected chi connectivity index (χ1v) is 11.5. The fourth-order valence-electron chi connectivity index (χ4n) is 3.97. The molecule has 2 aromatic heterocycles. The van der Waals surface area contributed by atoms with Crippen molar-refractivity contribution in [3.63, 3.8) is 0 Å². The third kappa shape index (κ3) is 7.14. The van der Waals surface area contributed by atoms with Gasteiger partial charge in [0.25, 0.3) is 0 Å². The summed E-state index contributed by atoms with van der Waals surface area (Å²) < 4.78 is 10.6. The molecule has 0 unspecified atom stereocenters. The van der Waals surface area contributed by atoms with Crippen molar-refractivity contribution in [3.05, 3.63) is 119 Å². The average Bonchev–Trinajstić information content (AvgIpc) is 2.87. The minimum absolute atomic E-state index is 0. The van der Waals surface area contributed by atoms with Gasteiger partial charge < -0.3 is 34.4 Å². The zero-order valence-electron chi connectivity index (χ0n) is 21.5. The van der Waals surface area contributed by atoms with Gasteiger partial charge in [-0.05, 0) is 37.1 Å². The van der Waals surface area contributed by atoms with Crippen LogP contribution in [0, 0.1) is 64.8 Å². The summed E-state index contributed by atoms with van der Waals surface area (Å²) in [5.41, 5.74) is 1.67. The van der Waals surface area contributed by atoms with Gasteiger partial charge in [0.05, 0.1) is 16.5 Å². The van der Waals surface area contributed by atoms with Crippen LogP contribution in [0.1, 0.15) is 22.3 Å². The number of rotatable bonds is 4. The van der Waals surface area contributed by atoms with E-state index < -0.39 is 16.3 Å². The average molecular weight is 679 g/mol. The number of hydrogen-bond acceptors (Lipinski definition) is 11. The summed E-state index contributed by atoms with van der Waals surface area (Å²) in [7, 11) is 0. The Balaban J connectivity index is 0.000000869. The summed E-state index contributed by atoms with van der Waals surface area (Å²) in [6, 6.07) is 15.6. The third-order valence-corrected chi connectivity index (χ3v) is 5.78. The van der Waals surface area contributed by atoms with Crippen LogP contribution in [0.25, 0.3) is 21.9 Å². The summed E-state index contributed by atoms with van der Waals surface area (Å²) in [5.74, 6) is -0.698. The summed E-state index contributed by atoms with van der Waals surface area (Å²) in [4.78, 5) is 40.9. The summed E-state index contributed by atoms with van der Waals surface area (Å²) in [6.45, 7) is 3.52. The SMILES string of the molecule is Cc1cc(=O)oc2c(C=Nc3ccccc3N=Cc3c([O-])ccc4c(C)cc(=O)oc34)c([O-])ccc12.O=[N+]([O-])[O-].[La+3]. The van der Waals surface area contributed by atoms with Gasteiger partial charge in [-0.15, -0.1) is 0 Å². The van der Waals surface area contributed by atoms with Crippen molar-refractivity contribution in [1.82, 2.24) is 0 Å². The minimum Gasteiger partial charge on any atom is -0.872 e. The second-order valence-electron chi connectivity index (χ2n) is 8.43. The van der Waals surface area contributed by atoms with E-state index in [1.54, 1.807) is 50.2 Å². The molecule has 0 N–H and O–H groups in total. The van der Waals surface area contributed by atoms with E-state index in [4.69, 9.17) is 24.2 Å². The maximum Gasteiger partial charge on any atom is 3.00 e. The van der Waals surface area contributed by atoms with Gasteiger partial charge in [-0.3, -0.25) is 9.98 Å². The van der Waals surface area contributed by atoms with E-state index in [2.05, 4.69) is 9.98 Å². The molecule has 0 saturated carbocycles. The Morgan fingerprint density at radius 2 is 1.07 bits per heavy atom. The van der Waals surface area contributed by atoms with Crippen molar-refractivity contribution in [3.8, 4) is 11.5 Å². The molecule has 0 aliphatic carbocycles. The van der Waals surface area contributed by atoms with Crippen molar-refractivity contribution in [2.45, 2.75) is 13.8 Å². The number of hydrogen-bond donors (Lipinski definition) is 0. The van der Waals surface area contributed by atoms with Crippen LogP contribution in [0.15, 0.2) is 89.1 Å². The molecule has 0 radical (unpaired) electrons. The Morgan fingerprint density at radius 1 is 0.707 bits per heavy atom. The summed E-state index contributed by atoms with van der Waals surface area (Å²) in [5, 5.41) is 41.1. The largest absolute Gasteiger partial charge is 3.00 e. The number of para-hydroxylation sites is 2. The van der Waals surface area contributed by atoms with Crippen LogP contribution in [0.2, 0.25) is 0 Å². The molecule has 2 heterocycles. The van der Waals surface area contributed by atoms with Crippen molar-refractivity contribution >= 4 is 45.7 Å². The Hall–Kier alpha value is -4.59. The first kappa shape index (κ1) is 30.9. The summed E-state index contributed by atoms with van der Waals surface area (Å²) in [6.07, 6.45) is 2.67. The standard InChI is InChI=1S/C28H20N2O6.La.NO3/c1-15-11-25(33)35-27-17(15)7-9-23(31)19(27)13-29-21-5-3-4-6-22(21)30-14-20-24(32)10-8-18-16(2)12-26(34)36-28(18)20;;2-1(3)4/h3-14,31-32H,1-2H3;;/q;+3;-1/p-2. The van der Waals surface area contributed by atoms with Gasteiger partial charge >= 0.3 is 46.9 Å². The van der Waals surface area contributed by atoms with Crippen LogP contribution < -0.4 is 21.5 Å². The van der Waals surface area contributed by atoms with E-state index in [-0.39, 0.29) is 69.4 Å². The molecule has 0 aliphatic rings. The fraction of sp³-hybridized carbons (Fsp3) is 0.0714. The van der Waals surface area contributed by atoms with Crippen molar-refractivity contribution in [2.24, 2.45) is 9.98 Å². The number of fused-ring (bicyclic) bond motifs is 2. The van der Waals surface area contributed by atoms with Crippen molar-refractivity contribution in [1.29, 1.82) is 0 Å². The van der Waals surface area contributed by atoms with E-state index in [0.717, 1.165) is 0 Å². The van der Waals surface area contributed by atoms with Gasteiger partial charge in [-0.1, -0.05) is 47.9 Å². The first-order valence-electron chi connectivity index (χ1n) is 11.5. The Bertz CT molecular complexity index is 1810. The van der Waals surface area contributed by atoms with E-state index in [0.29, 0.717) is 33.3 Å². The van der Waals surface area contributed by atoms with Gasteiger partial charge in [-0.25, -0.2) is 9.59 Å². The maximum absolute atomic E-state index is 12.5. The number of nitrogens with zero attached hydrogens (tertiary/aromatic N) is 3. The Labute approximate surface area is 258 Å². The molecule has 0 bridgehead atoms. The molecule has 12 nitrogen and oxygen atoms in total. The third-order valence-electron chi connectivity index (χ3n) is 5.78. The van der Waals surface area contributed by atoms with Gasteiger partial charge in [-0.2, -0.15) is 0 Å². The first-order chi connectivity index (χ1) is 19.0. The van der Waals surface area contributed by atoms with E-state index in [1.165, 1.54) is 36.7 Å². The molecule has 0 fully saturated rings. The van der Waals surface area contributed by atoms with Gasteiger partial charge in [0.1, 0.15) is 11.2 Å². The second kappa shape index (κ2) is 13.2. The molecule has 41 heavy (non-hydrogen) atoms. The van der Waals surface area contributed by atoms with Crippen molar-refractivity contribution < 1.29 is 59.7 Å². The van der Waals surface area contributed by atoms with E-state index >= 15 is 0 Å². The monoisotopic (exact) mass is 679 g/mol. The molecule has 0 amide bonds. The quantitative estimate of drug-likeness (QED) is 0.117. The van der Waals surface area contributed by atoms with Crippen LogP contribution in [-0.2, 0) is 0 Å². The molecule has 3 aromatic carbocycles. The van der Waals surface area contributed by atoms with Gasteiger partial charge in [0.15, 0.2) is 0 Å². The molecule has 0 saturated heterocycles. The zero-order chi connectivity index (χ0) is 29.0. The number of aliphatic imine (C=N–C) groups is 2. The predicted molar refractivity (Wildman–Crippen MR) is 145 cm³/mol. The summed E-state index contributed by atoms with van der Waals surface area (Å²) >= 11 is 0. The topological polar surface area (TPSA) is 197 Å².